The molecule has 1 saturated carbocycles. The Morgan fingerprint density at radius 2 is 2.40 bits per heavy atom. The van der Waals surface area contributed by atoms with Crippen molar-refractivity contribution < 1.29 is 4.79 Å². The van der Waals surface area contributed by atoms with Crippen LogP contribution in [-0.4, -0.2) is 17.8 Å². The summed E-state index contributed by atoms with van der Waals surface area (Å²) in [4.78, 5) is 12.7. The third-order valence-corrected chi connectivity index (χ3v) is 4.88. The van der Waals surface area contributed by atoms with Gasteiger partial charge >= 0.3 is 0 Å². The highest BCUT2D eigenvalue weighted by Crippen LogP contribution is 2.46. The average Bonchev–Trinajstić information content (AvgIpc) is 2.86. The minimum Gasteiger partial charge on any atom is -0.355 e. The molecule has 1 fully saturated rings. The van der Waals surface area contributed by atoms with Gasteiger partial charge in [-0.1, -0.05) is 22.0 Å². The number of amides is 1. The van der Waals surface area contributed by atoms with Crippen LogP contribution in [0.4, 0.5) is 0 Å². The topological polar surface area (TPSA) is 29.1 Å². The van der Waals surface area contributed by atoms with Gasteiger partial charge in [0.25, 0.3) is 0 Å². The predicted octanol–water partition coefficient (Wildman–Crippen LogP) is 2.58. The number of hydrogen-bond donors (Lipinski definition) is 1. The highest BCUT2D eigenvalue weighted by molar-refractivity contribution is 9.09. The molecule has 0 bridgehead atoms. The van der Waals surface area contributed by atoms with E-state index < -0.39 is 0 Å². The maximum Gasteiger partial charge on any atom is 0.225 e. The number of alkyl halides is 1. The Hall–Kier alpha value is -0.350. The summed E-state index contributed by atoms with van der Waals surface area (Å²) in [5, 5.41) is 6.02. The van der Waals surface area contributed by atoms with Gasteiger partial charge in [0, 0.05) is 16.8 Å². The van der Waals surface area contributed by atoms with Crippen LogP contribution < -0.4 is 5.32 Å². The Morgan fingerprint density at radius 3 is 2.93 bits per heavy atom. The summed E-state index contributed by atoms with van der Waals surface area (Å²) in [6.45, 7) is 0.822. The van der Waals surface area contributed by atoms with E-state index in [-0.39, 0.29) is 5.91 Å². The highest BCUT2D eigenvalue weighted by atomic mass is 79.9. The number of carbonyl (C=O) groups excluding carboxylic acids is 1. The van der Waals surface area contributed by atoms with Crippen molar-refractivity contribution in [3.8, 4) is 0 Å². The van der Waals surface area contributed by atoms with Gasteiger partial charge in [-0.3, -0.25) is 4.79 Å². The Balaban J connectivity index is 1.74. The van der Waals surface area contributed by atoms with Crippen molar-refractivity contribution >= 4 is 33.2 Å². The number of hydrogen-bond acceptors (Lipinski definition) is 2. The van der Waals surface area contributed by atoms with Gasteiger partial charge in [-0.25, -0.2) is 0 Å². The van der Waals surface area contributed by atoms with Crippen LogP contribution in [0.25, 0.3) is 0 Å². The first-order valence-corrected chi connectivity index (χ1v) is 7.09. The molecule has 0 spiro atoms. The Labute approximate surface area is 102 Å². The zero-order valence-electron chi connectivity index (χ0n) is 8.46. The molecule has 0 aliphatic heterocycles. The second-order valence-corrected chi connectivity index (χ2v) is 5.76. The molecule has 4 heteroatoms. The molecule has 1 heterocycles. The van der Waals surface area contributed by atoms with Crippen molar-refractivity contribution in [3.63, 3.8) is 0 Å². The molecule has 2 rings (SSSR count). The fraction of sp³-hybridized carbons (Fsp3) is 0.545. The van der Waals surface area contributed by atoms with Crippen molar-refractivity contribution in [1.82, 2.24) is 5.32 Å². The van der Waals surface area contributed by atoms with E-state index >= 15 is 0 Å². The quantitative estimate of drug-likeness (QED) is 0.829. The molecule has 0 aromatic carbocycles. The number of halogens is 1. The Morgan fingerprint density at radius 1 is 1.60 bits per heavy atom. The number of thiophene rings is 1. The number of carbonyl (C=O) groups is 1. The van der Waals surface area contributed by atoms with Gasteiger partial charge in [0.15, 0.2) is 0 Å². The molecule has 0 atom stereocenters. The van der Waals surface area contributed by atoms with E-state index in [1.165, 1.54) is 12.8 Å². The van der Waals surface area contributed by atoms with Gasteiger partial charge in [0.2, 0.25) is 5.91 Å². The average molecular weight is 288 g/mol. The van der Waals surface area contributed by atoms with Crippen LogP contribution >= 0.6 is 27.3 Å². The molecule has 2 nitrogen and oxygen atoms in total. The predicted molar refractivity (Wildman–Crippen MR) is 66.5 cm³/mol. The molecular formula is C11H14BrNOS. The maximum atomic E-state index is 11.6. The van der Waals surface area contributed by atoms with E-state index in [2.05, 4.69) is 21.2 Å². The fourth-order valence-electron chi connectivity index (χ4n) is 1.45. The minimum atomic E-state index is 0.143. The first-order chi connectivity index (χ1) is 7.24. The molecule has 1 aromatic heterocycles. The molecule has 1 aliphatic rings. The number of nitrogens with one attached hydrogen (secondary N) is 1. The Kier molecular flexibility index (Phi) is 3.46. The molecule has 0 saturated heterocycles. The summed E-state index contributed by atoms with van der Waals surface area (Å²) >= 11 is 5.13. The molecule has 1 N–H and O–H groups in total. The third kappa shape index (κ3) is 3.05. The van der Waals surface area contributed by atoms with Crippen molar-refractivity contribution in [2.75, 3.05) is 11.9 Å². The molecule has 0 unspecified atom stereocenters. The minimum absolute atomic E-state index is 0.143. The van der Waals surface area contributed by atoms with E-state index in [0.29, 0.717) is 11.8 Å². The molecule has 15 heavy (non-hydrogen) atoms. The second kappa shape index (κ2) is 4.66. The molecule has 1 amide bonds. The lowest BCUT2D eigenvalue weighted by Crippen LogP contribution is -2.31. The van der Waals surface area contributed by atoms with Crippen molar-refractivity contribution in [1.29, 1.82) is 0 Å². The zero-order chi connectivity index (χ0) is 10.7. The summed E-state index contributed by atoms with van der Waals surface area (Å²) in [6, 6.07) is 3.98. The summed E-state index contributed by atoms with van der Waals surface area (Å²) in [5.74, 6) is 0.143. The largest absolute Gasteiger partial charge is 0.355 e. The van der Waals surface area contributed by atoms with Gasteiger partial charge < -0.3 is 5.32 Å². The third-order valence-electron chi connectivity index (χ3n) is 2.82. The lowest BCUT2D eigenvalue weighted by molar-refractivity contribution is -0.120. The van der Waals surface area contributed by atoms with E-state index in [0.717, 1.165) is 16.8 Å². The van der Waals surface area contributed by atoms with Crippen LogP contribution in [0.3, 0.4) is 0 Å². The SMILES string of the molecule is O=C(Cc1cccs1)NCC1(CBr)CC1. The van der Waals surface area contributed by atoms with Crippen LogP contribution in [-0.2, 0) is 11.2 Å². The van der Waals surface area contributed by atoms with Crippen molar-refractivity contribution in [2.45, 2.75) is 19.3 Å². The van der Waals surface area contributed by atoms with Crippen molar-refractivity contribution in [3.05, 3.63) is 22.4 Å². The first kappa shape index (κ1) is 11.1. The number of rotatable bonds is 5. The molecule has 82 valence electrons. The molecule has 0 radical (unpaired) electrons. The van der Waals surface area contributed by atoms with Crippen LogP contribution in [0.2, 0.25) is 0 Å². The standard InChI is InChI=1S/C11H14BrNOS/c12-7-11(3-4-11)8-13-10(14)6-9-2-1-5-15-9/h1-2,5H,3-4,6-8H2,(H,13,14). The summed E-state index contributed by atoms with van der Waals surface area (Å²) in [6.07, 6.45) is 2.99. The second-order valence-electron chi connectivity index (χ2n) is 4.17. The van der Waals surface area contributed by atoms with Crippen LogP contribution in [0, 0.1) is 5.41 Å². The van der Waals surface area contributed by atoms with Gasteiger partial charge in [-0.15, -0.1) is 11.3 Å². The van der Waals surface area contributed by atoms with Gasteiger partial charge in [0.05, 0.1) is 6.42 Å². The molecule has 1 aliphatic carbocycles. The maximum absolute atomic E-state index is 11.6. The van der Waals surface area contributed by atoms with E-state index in [4.69, 9.17) is 0 Å². The smallest absolute Gasteiger partial charge is 0.225 e. The lowest BCUT2D eigenvalue weighted by atomic mass is 10.1. The fourth-order valence-corrected chi connectivity index (χ4v) is 2.92. The van der Waals surface area contributed by atoms with Gasteiger partial charge in [0.1, 0.15) is 0 Å². The van der Waals surface area contributed by atoms with E-state index in [9.17, 15) is 4.79 Å². The molecular weight excluding hydrogens is 274 g/mol. The van der Waals surface area contributed by atoms with E-state index in [1.807, 2.05) is 17.5 Å². The Bertz CT molecular complexity index is 332. The normalized spacial score (nSPS) is 17.4. The van der Waals surface area contributed by atoms with Crippen LogP contribution in [0.15, 0.2) is 17.5 Å². The summed E-state index contributed by atoms with van der Waals surface area (Å²) < 4.78 is 0. The first-order valence-electron chi connectivity index (χ1n) is 5.09. The van der Waals surface area contributed by atoms with Gasteiger partial charge in [-0.05, 0) is 29.7 Å². The van der Waals surface area contributed by atoms with Crippen LogP contribution in [0.5, 0.6) is 0 Å². The van der Waals surface area contributed by atoms with Gasteiger partial charge in [-0.2, -0.15) is 0 Å². The molecule has 1 aromatic rings. The summed E-state index contributed by atoms with van der Waals surface area (Å²) in [7, 11) is 0. The van der Waals surface area contributed by atoms with Crippen LogP contribution in [0.1, 0.15) is 17.7 Å². The van der Waals surface area contributed by atoms with E-state index in [1.54, 1.807) is 11.3 Å². The summed E-state index contributed by atoms with van der Waals surface area (Å²) in [5.41, 5.74) is 0.366. The zero-order valence-corrected chi connectivity index (χ0v) is 10.9. The lowest BCUT2D eigenvalue weighted by Gasteiger charge is -2.12. The highest BCUT2D eigenvalue weighted by Gasteiger charge is 2.41. The monoisotopic (exact) mass is 287 g/mol. The van der Waals surface area contributed by atoms with Crippen molar-refractivity contribution in [2.24, 2.45) is 5.41 Å².